The van der Waals surface area contributed by atoms with Crippen molar-refractivity contribution in [1.82, 2.24) is 0 Å². The molecule has 1 N–H and O–H groups in total. The Morgan fingerprint density at radius 1 is 1.50 bits per heavy atom. The summed E-state index contributed by atoms with van der Waals surface area (Å²) in [6.07, 6.45) is 2.20. The van der Waals surface area contributed by atoms with Gasteiger partial charge in [0.15, 0.2) is 0 Å². The first-order chi connectivity index (χ1) is 8.69. The van der Waals surface area contributed by atoms with Gasteiger partial charge in [0.1, 0.15) is 11.6 Å². The molecule has 0 bridgehead atoms. The molecule has 0 aliphatic carbocycles. The van der Waals surface area contributed by atoms with E-state index in [9.17, 15) is 4.39 Å². The van der Waals surface area contributed by atoms with Crippen LogP contribution in [0.3, 0.4) is 0 Å². The molecule has 1 aliphatic heterocycles. The van der Waals surface area contributed by atoms with Crippen molar-refractivity contribution in [2.45, 2.75) is 38.8 Å². The van der Waals surface area contributed by atoms with Crippen LogP contribution in [0.25, 0.3) is 0 Å². The Morgan fingerprint density at radius 2 is 2.33 bits per heavy atom. The van der Waals surface area contributed by atoms with Crippen molar-refractivity contribution in [1.29, 1.82) is 0 Å². The van der Waals surface area contributed by atoms with Crippen LogP contribution in [-0.2, 0) is 4.74 Å². The van der Waals surface area contributed by atoms with Crippen LogP contribution in [0.5, 0.6) is 5.75 Å². The van der Waals surface area contributed by atoms with Gasteiger partial charge in [-0.15, -0.1) is 0 Å². The molecule has 1 heterocycles. The van der Waals surface area contributed by atoms with E-state index in [-0.39, 0.29) is 11.9 Å². The van der Waals surface area contributed by atoms with E-state index in [1.807, 2.05) is 6.92 Å². The molecule has 100 valence electrons. The second-order valence-electron chi connectivity index (χ2n) is 4.62. The smallest absolute Gasteiger partial charge is 0.145 e. The molecule has 3 nitrogen and oxygen atoms in total. The number of rotatable bonds is 4. The van der Waals surface area contributed by atoms with E-state index >= 15 is 0 Å². The molecule has 0 radical (unpaired) electrons. The highest BCUT2D eigenvalue weighted by molar-refractivity contribution is 5.57. The lowest BCUT2D eigenvalue weighted by molar-refractivity contribution is 0.0232. The summed E-state index contributed by atoms with van der Waals surface area (Å²) in [5.41, 5.74) is 0.859. The zero-order valence-electron chi connectivity index (χ0n) is 10.9. The summed E-state index contributed by atoms with van der Waals surface area (Å²) >= 11 is 0. The fourth-order valence-electron chi connectivity index (χ4n) is 2.24. The standard InChI is InChI=1S/C14H20FNO2/c1-3-17-14-9-11(15)4-5-13(14)16-12-6-7-18-10(2)8-12/h4-5,9-10,12,16H,3,6-8H2,1-2H3. The van der Waals surface area contributed by atoms with Crippen LogP contribution in [0, 0.1) is 5.82 Å². The zero-order chi connectivity index (χ0) is 13.0. The molecule has 0 saturated carbocycles. The predicted molar refractivity (Wildman–Crippen MR) is 69.6 cm³/mol. The molecule has 1 saturated heterocycles. The summed E-state index contributed by atoms with van der Waals surface area (Å²) in [5.74, 6) is 0.306. The van der Waals surface area contributed by atoms with Crippen LogP contribution in [0.4, 0.5) is 10.1 Å². The van der Waals surface area contributed by atoms with Gasteiger partial charge in [-0.2, -0.15) is 0 Å². The van der Waals surface area contributed by atoms with Crippen LogP contribution in [-0.4, -0.2) is 25.4 Å². The van der Waals surface area contributed by atoms with Crippen molar-refractivity contribution in [2.24, 2.45) is 0 Å². The highest BCUT2D eigenvalue weighted by Crippen LogP contribution is 2.28. The Labute approximate surface area is 107 Å². The minimum atomic E-state index is -0.274. The van der Waals surface area contributed by atoms with E-state index in [2.05, 4.69) is 12.2 Å². The molecule has 1 fully saturated rings. The van der Waals surface area contributed by atoms with Crippen molar-refractivity contribution < 1.29 is 13.9 Å². The van der Waals surface area contributed by atoms with Crippen molar-refractivity contribution in [3.8, 4) is 5.75 Å². The van der Waals surface area contributed by atoms with Crippen molar-refractivity contribution >= 4 is 5.69 Å². The minimum absolute atomic E-state index is 0.271. The summed E-state index contributed by atoms with van der Waals surface area (Å²) in [4.78, 5) is 0. The van der Waals surface area contributed by atoms with Gasteiger partial charge in [0, 0.05) is 18.7 Å². The quantitative estimate of drug-likeness (QED) is 0.893. The van der Waals surface area contributed by atoms with Gasteiger partial charge >= 0.3 is 0 Å². The molecule has 1 aromatic rings. The van der Waals surface area contributed by atoms with E-state index in [0.29, 0.717) is 18.4 Å². The lowest BCUT2D eigenvalue weighted by Crippen LogP contribution is -2.32. The maximum absolute atomic E-state index is 13.2. The largest absolute Gasteiger partial charge is 0.492 e. The Hall–Kier alpha value is -1.29. The van der Waals surface area contributed by atoms with Gasteiger partial charge in [-0.1, -0.05) is 0 Å². The second-order valence-corrected chi connectivity index (χ2v) is 4.62. The molecule has 2 rings (SSSR count). The molecule has 1 aromatic carbocycles. The van der Waals surface area contributed by atoms with Crippen molar-refractivity contribution in [3.63, 3.8) is 0 Å². The van der Waals surface area contributed by atoms with E-state index in [4.69, 9.17) is 9.47 Å². The Kier molecular flexibility index (Phi) is 4.42. The number of ether oxygens (including phenoxy) is 2. The second kappa shape index (κ2) is 6.05. The predicted octanol–water partition coefficient (Wildman–Crippen LogP) is 3.20. The minimum Gasteiger partial charge on any atom is -0.492 e. The Morgan fingerprint density at radius 3 is 3.06 bits per heavy atom. The van der Waals surface area contributed by atoms with Crippen LogP contribution < -0.4 is 10.1 Å². The highest BCUT2D eigenvalue weighted by Gasteiger charge is 2.20. The molecule has 2 atom stereocenters. The van der Waals surface area contributed by atoms with Gasteiger partial charge in [0.2, 0.25) is 0 Å². The lowest BCUT2D eigenvalue weighted by Gasteiger charge is -2.29. The molecule has 0 amide bonds. The third-order valence-corrected chi connectivity index (χ3v) is 3.09. The van der Waals surface area contributed by atoms with E-state index in [1.54, 1.807) is 6.07 Å². The summed E-state index contributed by atoms with van der Waals surface area (Å²) in [7, 11) is 0. The normalized spacial score (nSPS) is 23.7. The van der Waals surface area contributed by atoms with Gasteiger partial charge in [0.05, 0.1) is 18.4 Å². The maximum atomic E-state index is 13.2. The number of hydrogen-bond donors (Lipinski definition) is 1. The number of hydrogen-bond acceptors (Lipinski definition) is 3. The summed E-state index contributed by atoms with van der Waals surface area (Å²) in [5, 5.41) is 3.42. The van der Waals surface area contributed by atoms with E-state index in [0.717, 1.165) is 25.1 Å². The average Bonchev–Trinajstić information content (AvgIpc) is 2.33. The number of halogens is 1. The molecule has 4 heteroatoms. The Balaban J connectivity index is 2.07. The maximum Gasteiger partial charge on any atom is 0.145 e. The van der Waals surface area contributed by atoms with Gasteiger partial charge in [0.25, 0.3) is 0 Å². The number of nitrogens with one attached hydrogen (secondary N) is 1. The van der Waals surface area contributed by atoms with Crippen molar-refractivity contribution in [2.75, 3.05) is 18.5 Å². The molecule has 18 heavy (non-hydrogen) atoms. The van der Waals surface area contributed by atoms with Crippen LogP contribution >= 0.6 is 0 Å². The Bertz CT molecular complexity index is 397. The van der Waals surface area contributed by atoms with Gasteiger partial charge in [-0.3, -0.25) is 0 Å². The summed E-state index contributed by atoms with van der Waals surface area (Å²) in [6.45, 7) is 5.26. The van der Waals surface area contributed by atoms with Crippen molar-refractivity contribution in [3.05, 3.63) is 24.0 Å². The SMILES string of the molecule is CCOc1cc(F)ccc1NC1CCOC(C)C1. The average molecular weight is 253 g/mol. The summed E-state index contributed by atoms with van der Waals surface area (Å²) in [6, 6.07) is 4.97. The number of benzene rings is 1. The highest BCUT2D eigenvalue weighted by atomic mass is 19.1. The van der Waals surface area contributed by atoms with Crippen LogP contribution in [0.15, 0.2) is 18.2 Å². The van der Waals surface area contributed by atoms with Gasteiger partial charge in [-0.05, 0) is 38.8 Å². The van der Waals surface area contributed by atoms with Crippen LogP contribution in [0.1, 0.15) is 26.7 Å². The molecular formula is C14H20FNO2. The topological polar surface area (TPSA) is 30.5 Å². The van der Waals surface area contributed by atoms with Gasteiger partial charge < -0.3 is 14.8 Å². The lowest BCUT2D eigenvalue weighted by atomic mass is 10.0. The molecule has 0 aromatic heterocycles. The third kappa shape index (κ3) is 3.35. The zero-order valence-corrected chi connectivity index (χ0v) is 10.9. The fourth-order valence-corrected chi connectivity index (χ4v) is 2.24. The molecule has 0 spiro atoms. The first kappa shape index (κ1) is 13.1. The third-order valence-electron chi connectivity index (χ3n) is 3.09. The first-order valence-corrected chi connectivity index (χ1v) is 6.49. The van der Waals surface area contributed by atoms with E-state index in [1.165, 1.54) is 12.1 Å². The molecule has 2 unspecified atom stereocenters. The summed E-state index contributed by atoms with van der Waals surface area (Å²) < 4.78 is 24.1. The van der Waals surface area contributed by atoms with E-state index < -0.39 is 0 Å². The fraction of sp³-hybridized carbons (Fsp3) is 0.571. The van der Waals surface area contributed by atoms with Crippen LogP contribution in [0.2, 0.25) is 0 Å². The monoisotopic (exact) mass is 253 g/mol. The molecule has 1 aliphatic rings. The van der Waals surface area contributed by atoms with Gasteiger partial charge in [-0.25, -0.2) is 4.39 Å². The number of anilines is 1. The molecular weight excluding hydrogens is 233 g/mol. The first-order valence-electron chi connectivity index (χ1n) is 6.49.